The second-order valence-corrected chi connectivity index (χ2v) is 5.99. The number of amides is 1. The lowest BCUT2D eigenvalue weighted by atomic mass is 10.1. The molecule has 1 atom stereocenters. The molecule has 0 spiro atoms. The van der Waals surface area contributed by atoms with Gasteiger partial charge < -0.3 is 14.6 Å². The van der Waals surface area contributed by atoms with E-state index < -0.39 is 0 Å². The highest BCUT2D eigenvalue weighted by Crippen LogP contribution is 2.19. The van der Waals surface area contributed by atoms with Gasteiger partial charge in [0.05, 0.1) is 18.5 Å². The van der Waals surface area contributed by atoms with Gasteiger partial charge in [-0.1, -0.05) is 0 Å². The van der Waals surface area contributed by atoms with Crippen LogP contribution in [0.5, 0.6) is 0 Å². The fraction of sp³-hybridized carbons (Fsp3) is 0.294. The van der Waals surface area contributed by atoms with Crippen molar-refractivity contribution < 1.29 is 9.21 Å². The Bertz CT molecular complexity index is 830. The normalized spacial score (nSPS) is 17.0. The summed E-state index contributed by atoms with van der Waals surface area (Å²) in [7, 11) is 0. The molecule has 0 unspecified atom stereocenters. The van der Waals surface area contributed by atoms with E-state index in [1.807, 2.05) is 10.7 Å². The highest BCUT2D eigenvalue weighted by atomic mass is 16.3. The number of furan rings is 1. The predicted molar refractivity (Wildman–Crippen MR) is 89.8 cm³/mol. The van der Waals surface area contributed by atoms with Crippen molar-refractivity contribution in [3.05, 3.63) is 60.6 Å². The van der Waals surface area contributed by atoms with Gasteiger partial charge in [0, 0.05) is 44.1 Å². The highest BCUT2D eigenvalue weighted by molar-refractivity contribution is 5.91. The first-order chi connectivity index (χ1) is 12.3. The maximum absolute atomic E-state index is 12.1. The molecule has 0 fully saturated rings. The number of hydrogen-bond donors (Lipinski definition) is 1. The third-order valence-corrected chi connectivity index (χ3v) is 4.20. The van der Waals surface area contributed by atoms with Gasteiger partial charge in [-0.15, -0.1) is 0 Å². The average molecular weight is 338 g/mol. The van der Waals surface area contributed by atoms with Crippen molar-refractivity contribution in [1.29, 1.82) is 0 Å². The zero-order valence-electron chi connectivity index (χ0n) is 13.6. The Balaban J connectivity index is 1.50. The molecule has 1 aliphatic rings. The fourth-order valence-electron chi connectivity index (χ4n) is 3.00. The smallest absolute Gasteiger partial charge is 0.286 e. The predicted octanol–water partition coefficient (Wildman–Crippen LogP) is 1.33. The summed E-state index contributed by atoms with van der Waals surface area (Å²) in [4.78, 5) is 22.9. The lowest BCUT2D eigenvalue weighted by Gasteiger charge is -2.23. The number of carbonyl (C=O) groups is 1. The molecule has 0 aromatic carbocycles. The molecule has 1 aliphatic heterocycles. The second kappa shape index (κ2) is 6.76. The lowest BCUT2D eigenvalue weighted by Crippen LogP contribution is -2.37. The zero-order valence-corrected chi connectivity index (χ0v) is 13.6. The summed E-state index contributed by atoms with van der Waals surface area (Å²) in [5.74, 6) is 0.956. The quantitative estimate of drug-likeness (QED) is 0.772. The van der Waals surface area contributed by atoms with Crippen LogP contribution in [0.15, 0.2) is 53.5 Å². The standard InChI is InChI=1S/C17H18N6O2/c24-16(15-3-1-8-25-15)20-9-13-10-22(17-18-5-2-6-19-17)12-14-4-7-21-23(14)11-13/h1-8,13H,9-12H2,(H,20,24)/t13-/m1/s1. The second-order valence-electron chi connectivity index (χ2n) is 5.99. The molecule has 4 rings (SSSR count). The molecule has 8 heteroatoms. The maximum atomic E-state index is 12.1. The van der Waals surface area contributed by atoms with Crippen molar-refractivity contribution >= 4 is 11.9 Å². The van der Waals surface area contributed by atoms with Gasteiger partial charge in [0.1, 0.15) is 0 Å². The number of hydrogen-bond acceptors (Lipinski definition) is 6. The molecule has 1 amide bonds. The van der Waals surface area contributed by atoms with E-state index >= 15 is 0 Å². The van der Waals surface area contributed by atoms with E-state index in [1.54, 1.807) is 36.8 Å². The van der Waals surface area contributed by atoms with Crippen molar-refractivity contribution in [1.82, 2.24) is 25.1 Å². The minimum Gasteiger partial charge on any atom is -0.459 e. The molecule has 0 saturated carbocycles. The molecule has 4 heterocycles. The molecular weight excluding hydrogens is 320 g/mol. The number of anilines is 1. The monoisotopic (exact) mass is 338 g/mol. The SMILES string of the molecule is O=C(NC[C@@H]1CN(c2ncccn2)Cc2ccnn2C1)c1ccco1. The van der Waals surface area contributed by atoms with Crippen molar-refractivity contribution in [2.45, 2.75) is 13.1 Å². The van der Waals surface area contributed by atoms with E-state index in [4.69, 9.17) is 4.42 Å². The summed E-state index contributed by atoms with van der Waals surface area (Å²) in [5, 5.41) is 7.33. The fourth-order valence-corrected chi connectivity index (χ4v) is 3.00. The number of fused-ring (bicyclic) bond motifs is 1. The molecule has 1 N–H and O–H groups in total. The van der Waals surface area contributed by atoms with Gasteiger partial charge in [0.25, 0.3) is 5.91 Å². The summed E-state index contributed by atoms with van der Waals surface area (Å²) < 4.78 is 7.11. The third kappa shape index (κ3) is 3.37. The first-order valence-electron chi connectivity index (χ1n) is 8.14. The third-order valence-electron chi connectivity index (χ3n) is 4.20. The van der Waals surface area contributed by atoms with E-state index in [0.717, 1.165) is 18.8 Å². The van der Waals surface area contributed by atoms with Crippen LogP contribution < -0.4 is 10.2 Å². The van der Waals surface area contributed by atoms with E-state index in [1.165, 1.54) is 6.26 Å². The van der Waals surface area contributed by atoms with Crippen molar-refractivity contribution in [2.24, 2.45) is 5.92 Å². The van der Waals surface area contributed by atoms with Gasteiger partial charge in [-0.05, 0) is 24.3 Å². The number of rotatable bonds is 4. The van der Waals surface area contributed by atoms with Gasteiger partial charge in [0.15, 0.2) is 5.76 Å². The van der Waals surface area contributed by atoms with Crippen LogP contribution in [0.1, 0.15) is 16.2 Å². The molecular formula is C17H18N6O2. The van der Waals surface area contributed by atoms with Gasteiger partial charge in [0.2, 0.25) is 5.95 Å². The van der Waals surface area contributed by atoms with E-state index in [-0.39, 0.29) is 11.8 Å². The number of nitrogens with zero attached hydrogens (tertiary/aromatic N) is 5. The minimum absolute atomic E-state index is 0.170. The van der Waals surface area contributed by atoms with Crippen molar-refractivity contribution in [2.75, 3.05) is 18.0 Å². The molecule has 0 saturated heterocycles. The Hall–Kier alpha value is -3.16. The molecule has 0 bridgehead atoms. The largest absolute Gasteiger partial charge is 0.459 e. The highest BCUT2D eigenvalue weighted by Gasteiger charge is 2.24. The first kappa shape index (κ1) is 15.4. The molecule has 25 heavy (non-hydrogen) atoms. The molecule has 8 nitrogen and oxygen atoms in total. The van der Waals surface area contributed by atoms with Crippen LogP contribution >= 0.6 is 0 Å². The first-order valence-corrected chi connectivity index (χ1v) is 8.14. The summed E-state index contributed by atoms with van der Waals surface area (Å²) in [6, 6.07) is 7.15. The topological polar surface area (TPSA) is 89.1 Å². The Labute approximate surface area is 144 Å². The lowest BCUT2D eigenvalue weighted by molar-refractivity contribution is 0.0918. The summed E-state index contributed by atoms with van der Waals surface area (Å²) in [5.41, 5.74) is 1.10. The summed E-state index contributed by atoms with van der Waals surface area (Å²) >= 11 is 0. The Morgan fingerprint density at radius 2 is 2.08 bits per heavy atom. The molecule has 128 valence electrons. The zero-order chi connectivity index (χ0) is 17.1. The molecule has 0 aliphatic carbocycles. The van der Waals surface area contributed by atoms with Gasteiger partial charge in [-0.3, -0.25) is 9.48 Å². The van der Waals surface area contributed by atoms with Crippen LogP contribution in [-0.2, 0) is 13.1 Å². The number of aromatic nitrogens is 4. The summed E-state index contributed by atoms with van der Waals surface area (Å²) in [6.07, 6.45) is 6.75. The molecule has 0 radical (unpaired) electrons. The number of carbonyl (C=O) groups excluding carboxylic acids is 1. The minimum atomic E-state index is -0.211. The van der Waals surface area contributed by atoms with Crippen LogP contribution in [0, 0.1) is 5.92 Å². The van der Waals surface area contributed by atoms with Crippen LogP contribution in [0.25, 0.3) is 0 Å². The Morgan fingerprint density at radius 1 is 1.20 bits per heavy atom. The van der Waals surface area contributed by atoms with Crippen molar-refractivity contribution in [3.8, 4) is 0 Å². The van der Waals surface area contributed by atoms with Gasteiger partial charge in [-0.25, -0.2) is 9.97 Å². The van der Waals surface area contributed by atoms with E-state index in [2.05, 4.69) is 25.3 Å². The van der Waals surface area contributed by atoms with Crippen molar-refractivity contribution in [3.63, 3.8) is 0 Å². The number of nitrogens with one attached hydrogen (secondary N) is 1. The summed E-state index contributed by atoms with van der Waals surface area (Å²) in [6.45, 7) is 2.66. The van der Waals surface area contributed by atoms with Gasteiger partial charge in [-0.2, -0.15) is 5.10 Å². The van der Waals surface area contributed by atoms with Crippen LogP contribution in [0.3, 0.4) is 0 Å². The van der Waals surface area contributed by atoms with Crippen LogP contribution in [0.2, 0.25) is 0 Å². The van der Waals surface area contributed by atoms with Crippen LogP contribution in [0.4, 0.5) is 5.95 Å². The molecule has 3 aromatic heterocycles. The van der Waals surface area contributed by atoms with Gasteiger partial charge >= 0.3 is 0 Å². The van der Waals surface area contributed by atoms with E-state index in [9.17, 15) is 4.79 Å². The Morgan fingerprint density at radius 3 is 2.88 bits per heavy atom. The average Bonchev–Trinajstić information content (AvgIpc) is 3.29. The van der Waals surface area contributed by atoms with Crippen LogP contribution in [-0.4, -0.2) is 38.7 Å². The maximum Gasteiger partial charge on any atom is 0.286 e. The molecule has 3 aromatic rings. The van der Waals surface area contributed by atoms with E-state index in [0.29, 0.717) is 24.8 Å². The Kier molecular flexibility index (Phi) is 4.16.